The lowest BCUT2D eigenvalue weighted by Gasteiger charge is -2.36. The second kappa shape index (κ2) is 5.22. The predicted octanol–water partition coefficient (Wildman–Crippen LogP) is 3.55. The molecule has 2 heterocycles. The normalized spacial score (nSPS) is 17.8. The Bertz CT molecular complexity index is 666. The molecule has 2 aromatic rings. The second-order valence-corrected chi connectivity index (χ2v) is 7.16. The Kier molecular flexibility index (Phi) is 3.53. The van der Waals surface area contributed by atoms with Crippen LogP contribution in [0.3, 0.4) is 0 Å². The minimum Gasteiger partial charge on any atom is -0.486 e. The fraction of sp³-hybridized carbons (Fsp3) is 0.438. The Morgan fingerprint density at radius 2 is 2.19 bits per heavy atom. The zero-order chi connectivity index (χ0) is 15.1. The van der Waals surface area contributed by atoms with Crippen LogP contribution in [-0.2, 0) is 0 Å². The van der Waals surface area contributed by atoms with Gasteiger partial charge in [-0.15, -0.1) is 11.3 Å². The van der Waals surface area contributed by atoms with Gasteiger partial charge in [-0.05, 0) is 31.0 Å². The highest BCUT2D eigenvalue weighted by Gasteiger charge is 2.26. The smallest absolute Gasteiger partial charge is 0.180 e. The quantitative estimate of drug-likeness (QED) is 0.921. The average Bonchev–Trinajstić information content (AvgIpc) is 2.77. The summed E-state index contributed by atoms with van der Waals surface area (Å²) in [7, 11) is 2.11. The second-order valence-electron chi connectivity index (χ2n) is 5.92. The molecule has 0 bridgehead atoms. The standard InChI is InChI=1S/C16H21N3OS/c1-9(2)14-8-19(4)12-7-11(5-6-13(12)20-14)15-10(3)21-16(17)18-15/h5-7,9,14H,8H2,1-4H3,(H2,17,18). The maximum Gasteiger partial charge on any atom is 0.180 e. The summed E-state index contributed by atoms with van der Waals surface area (Å²) in [6.45, 7) is 7.35. The van der Waals surface area contributed by atoms with E-state index >= 15 is 0 Å². The SMILES string of the molecule is Cc1sc(N)nc1-c1ccc2c(c1)N(C)CC(C(C)C)O2. The zero-order valence-electron chi connectivity index (χ0n) is 12.9. The third kappa shape index (κ3) is 2.58. The lowest BCUT2D eigenvalue weighted by molar-refractivity contribution is 0.148. The number of nitrogen functional groups attached to an aromatic ring is 1. The first-order valence-electron chi connectivity index (χ1n) is 7.21. The number of ether oxygens (including phenoxy) is 1. The van der Waals surface area contributed by atoms with Crippen LogP contribution in [0.15, 0.2) is 18.2 Å². The van der Waals surface area contributed by atoms with E-state index in [1.54, 1.807) is 0 Å². The number of fused-ring (bicyclic) bond motifs is 1. The first-order valence-corrected chi connectivity index (χ1v) is 8.02. The largest absolute Gasteiger partial charge is 0.486 e. The molecule has 0 aliphatic carbocycles. The minimum atomic E-state index is 0.241. The Balaban J connectivity index is 1.99. The first kappa shape index (κ1) is 14.2. The van der Waals surface area contributed by atoms with Gasteiger partial charge in [-0.1, -0.05) is 13.8 Å². The number of anilines is 2. The Morgan fingerprint density at radius 3 is 2.81 bits per heavy atom. The first-order chi connectivity index (χ1) is 9.95. The van der Waals surface area contributed by atoms with Crippen LogP contribution in [0, 0.1) is 12.8 Å². The number of nitrogens with zero attached hydrogens (tertiary/aromatic N) is 2. The van der Waals surface area contributed by atoms with Crippen molar-refractivity contribution in [2.75, 3.05) is 24.2 Å². The molecule has 1 aliphatic rings. The summed E-state index contributed by atoms with van der Waals surface area (Å²) in [5.74, 6) is 1.45. The van der Waals surface area contributed by atoms with Crippen molar-refractivity contribution in [3.8, 4) is 17.0 Å². The highest BCUT2D eigenvalue weighted by molar-refractivity contribution is 7.15. The van der Waals surface area contributed by atoms with Gasteiger partial charge in [-0.25, -0.2) is 4.98 Å². The van der Waals surface area contributed by atoms with E-state index in [0.29, 0.717) is 11.0 Å². The summed E-state index contributed by atoms with van der Waals surface area (Å²) in [6.07, 6.45) is 0.241. The molecule has 21 heavy (non-hydrogen) atoms. The predicted molar refractivity (Wildman–Crippen MR) is 89.2 cm³/mol. The van der Waals surface area contributed by atoms with Gasteiger partial charge in [0.25, 0.3) is 0 Å². The highest BCUT2D eigenvalue weighted by Crippen LogP contribution is 2.38. The molecule has 0 saturated carbocycles. The van der Waals surface area contributed by atoms with E-state index in [0.717, 1.165) is 34.1 Å². The molecule has 2 N–H and O–H groups in total. The van der Waals surface area contributed by atoms with Crippen LogP contribution in [0.5, 0.6) is 5.75 Å². The number of aromatic nitrogens is 1. The van der Waals surface area contributed by atoms with E-state index in [9.17, 15) is 0 Å². The van der Waals surface area contributed by atoms with Gasteiger partial charge < -0.3 is 15.4 Å². The fourth-order valence-electron chi connectivity index (χ4n) is 2.66. The Labute approximate surface area is 129 Å². The van der Waals surface area contributed by atoms with Crippen LogP contribution in [0.2, 0.25) is 0 Å². The molecule has 0 spiro atoms. The summed E-state index contributed by atoms with van der Waals surface area (Å²) in [4.78, 5) is 7.84. The van der Waals surface area contributed by atoms with Gasteiger partial charge in [0.05, 0.1) is 17.9 Å². The van der Waals surface area contributed by atoms with Gasteiger partial charge in [0.1, 0.15) is 11.9 Å². The van der Waals surface area contributed by atoms with Crippen molar-refractivity contribution in [3.63, 3.8) is 0 Å². The molecular weight excluding hydrogens is 282 g/mol. The lowest BCUT2D eigenvalue weighted by Crippen LogP contribution is -2.40. The maximum absolute atomic E-state index is 6.11. The number of rotatable bonds is 2. The highest BCUT2D eigenvalue weighted by atomic mass is 32.1. The van der Waals surface area contributed by atoms with Gasteiger partial charge in [0.15, 0.2) is 5.13 Å². The number of benzene rings is 1. The summed E-state index contributed by atoms with van der Waals surface area (Å²) in [5.41, 5.74) is 8.99. The zero-order valence-corrected chi connectivity index (χ0v) is 13.7. The van der Waals surface area contributed by atoms with Gasteiger partial charge in [-0.2, -0.15) is 0 Å². The van der Waals surface area contributed by atoms with E-state index < -0.39 is 0 Å². The van der Waals surface area contributed by atoms with Crippen LogP contribution in [0.25, 0.3) is 11.3 Å². The van der Waals surface area contributed by atoms with Crippen molar-refractivity contribution >= 4 is 22.2 Å². The molecule has 1 unspecified atom stereocenters. The molecule has 112 valence electrons. The number of hydrogen-bond donors (Lipinski definition) is 1. The number of thiazole rings is 1. The number of hydrogen-bond acceptors (Lipinski definition) is 5. The summed E-state index contributed by atoms with van der Waals surface area (Å²) in [5, 5.41) is 0.615. The number of likely N-dealkylation sites (N-methyl/N-ethyl adjacent to an activating group) is 1. The van der Waals surface area contributed by atoms with E-state index in [4.69, 9.17) is 10.5 Å². The molecule has 0 fully saturated rings. The van der Waals surface area contributed by atoms with E-state index in [-0.39, 0.29) is 6.10 Å². The van der Waals surface area contributed by atoms with Crippen LogP contribution < -0.4 is 15.4 Å². The molecule has 1 aliphatic heterocycles. The van der Waals surface area contributed by atoms with Crippen LogP contribution >= 0.6 is 11.3 Å². The summed E-state index contributed by atoms with van der Waals surface area (Å²) in [6, 6.07) is 6.26. The number of aryl methyl sites for hydroxylation is 1. The van der Waals surface area contributed by atoms with E-state index in [1.807, 2.05) is 6.07 Å². The van der Waals surface area contributed by atoms with Gasteiger partial charge >= 0.3 is 0 Å². The lowest BCUT2D eigenvalue weighted by atomic mass is 10.0. The van der Waals surface area contributed by atoms with Crippen molar-refractivity contribution < 1.29 is 4.74 Å². The fourth-order valence-corrected chi connectivity index (χ4v) is 3.37. The van der Waals surface area contributed by atoms with Crippen LogP contribution in [0.4, 0.5) is 10.8 Å². The topological polar surface area (TPSA) is 51.4 Å². The summed E-state index contributed by atoms with van der Waals surface area (Å²) >= 11 is 1.53. The third-order valence-corrected chi connectivity index (χ3v) is 4.73. The van der Waals surface area contributed by atoms with Crippen molar-refractivity contribution in [2.24, 2.45) is 5.92 Å². The minimum absolute atomic E-state index is 0.241. The van der Waals surface area contributed by atoms with Crippen molar-refractivity contribution in [1.29, 1.82) is 0 Å². The molecule has 0 saturated heterocycles. The molecule has 3 rings (SSSR count). The molecule has 1 atom stereocenters. The monoisotopic (exact) mass is 303 g/mol. The average molecular weight is 303 g/mol. The van der Waals surface area contributed by atoms with E-state index in [2.05, 4.69) is 49.8 Å². The van der Waals surface area contributed by atoms with Crippen molar-refractivity contribution in [1.82, 2.24) is 4.98 Å². The molecule has 4 nitrogen and oxygen atoms in total. The molecule has 5 heteroatoms. The van der Waals surface area contributed by atoms with Crippen molar-refractivity contribution in [2.45, 2.75) is 26.9 Å². The van der Waals surface area contributed by atoms with E-state index in [1.165, 1.54) is 11.3 Å². The van der Waals surface area contributed by atoms with Crippen LogP contribution in [0.1, 0.15) is 18.7 Å². The molecular formula is C16H21N3OS. The Hall–Kier alpha value is -1.75. The van der Waals surface area contributed by atoms with Crippen LogP contribution in [-0.4, -0.2) is 24.7 Å². The van der Waals surface area contributed by atoms with Gasteiger partial charge in [0, 0.05) is 17.5 Å². The number of nitrogens with two attached hydrogens (primary N) is 1. The maximum atomic E-state index is 6.11. The van der Waals surface area contributed by atoms with Gasteiger partial charge in [0.2, 0.25) is 0 Å². The van der Waals surface area contributed by atoms with Crippen molar-refractivity contribution in [3.05, 3.63) is 23.1 Å². The molecule has 0 amide bonds. The summed E-state index contributed by atoms with van der Waals surface area (Å²) < 4.78 is 6.11. The Morgan fingerprint density at radius 1 is 1.43 bits per heavy atom. The molecule has 0 radical (unpaired) electrons. The molecule has 1 aromatic heterocycles. The molecule has 1 aromatic carbocycles. The third-order valence-electron chi connectivity index (χ3n) is 3.93. The van der Waals surface area contributed by atoms with Gasteiger partial charge in [-0.3, -0.25) is 0 Å².